The molecule has 1 aliphatic carbocycles. The van der Waals surface area contributed by atoms with Crippen molar-refractivity contribution >= 4 is 94.4 Å². The van der Waals surface area contributed by atoms with Crippen molar-refractivity contribution in [1.82, 2.24) is 15.0 Å². The normalized spacial score (nSPS) is 12.5. The van der Waals surface area contributed by atoms with E-state index in [1.54, 1.807) is 6.07 Å². The zero-order chi connectivity index (χ0) is 36.1. The van der Waals surface area contributed by atoms with Gasteiger partial charge in [0.05, 0.1) is 28.2 Å². The Hall–Kier alpha value is -4.99. The number of hydrogen-bond acceptors (Lipinski definition) is 16. The average Bonchev–Trinajstić information content (AvgIpc) is 3.03. The van der Waals surface area contributed by atoms with Gasteiger partial charge in [0.1, 0.15) is 9.79 Å². The smallest absolute Gasteiger partial charge is 0.296 e. The number of anilines is 7. The van der Waals surface area contributed by atoms with Crippen LogP contribution in [-0.2, 0) is 56.4 Å². The van der Waals surface area contributed by atoms with Crippen molar-refractivity contribution in [3.05, 3.63) is 100 Å². The van der Waals surface area contributed by atoms with E-state index in [1.165, 1.54) is 48.5 Å². The first kappa shape index (κ1) is 37.3. The molecule has 0 saturated carbocycles. The third kappa shape index (κ3) is 7.41. The summed E-state index contributed by atoms with van der Waals surface area (Å²) >= 11 is 6.03. The summed E-state index contributed by atoms with van der Waals surface area (Å²) in [4.78, 5) is 37.1. The molecule has 1 aromatic heterocycles. The van der Waals surface area contributed by atoms with Gasteiger partial charge in [-0.25, -0.2) is 0 Å². The number of aromatic nitrogens is 3. The molecule has 1 heterocycles. The van der Waals surface area contributed by atoms with Crippen molar-refractivity contribution in [3.63, 3.8) is 0 Å². The van der Waals surface area contributed by atoms with Gasteiger partial charge < -0.3 is 30.1 Å². The van der Waals surface area contributed by atoms with Crippen LogP contribution in [0.5, 0.6) is 0 Å². The van der Waals surface area contributed by atoms with Gasteiger partial charge in [0.2, 0.25) is 17.2 Å². The maximum Gasteiger partial charge on any atom is 0.296 e. The van der Waals surface area contributed by atoms with Crippen molar-refractivity contribution in [1.29, 1.82) is 0 Å². The molecule has 17 nitrogen and oxygen atoms in total. The molecule has 0 atom stereocenters. The number of carbonyl (C=O) groups excluding carboxylic acids is 2. The fraction of sp³-hybridized carbons (Fsp3) is 0. The van der Waals surface area contributed by atoms with Crippen LogP contribution in [0.15, 0.2) is 87.5 Å². The van der Waals surface area contributed by atoms with Crippen molar-refractivity contribution in [2.75, 3.05) is 21.7 Å². The number of nitrogens with two attached hydrogens (primary N) is 1. The van der Waals surface area contributed by atoms with Crippen LogP contribution in [-0.4, -0.2) is 52.5 Å². The second-order valence-corrected chi connectivity index (χ2v) is 14.3. The van der Waals surface area contributed by atoms with E-state index in [1.807, 2.05) is 0 Å². The standard InChI is InChI=1S/C29H19ClN7O10S3.Mn/c30-27-35-28(33-16-7-3-4-8-19(16)48(40)41)37-29(36-27)34-17-10-9-13(11-20(17)49(42,43)44)32-18-12-21(50(45,46)47)24(31)23-22(18)25(38)14-5-1-2-6-15(14)26(23)39;/h1-12,32H,31H2,(H,42,43,44)(H,45,46,47)(H2,33,34,35,36,37);/q-1;. The van der Waals surface area contributed by atoms with E-state index in [0.717, 1.165) is 18.2 Å². The van der Waals surface area contributed by atoms with E-state index < -0.39 is 63.5 Å². The Morgan fingerprint density at radius 2 is 1.22 bits per heavy atom. The van der Waals surface area contributed by atoms with Gasteiger partial charge in [-0.05, 0) is 52.6 Å². The summed E-state index contributed by atoms with van der Waals surface area (Å²) in [6.07, 6.45) is 0. The first-order valence-corrected chi connectivity index (χ1v) is 18.0. The summed E-state index contributed by atoms with van der Waals surface area (Å²) in [6, 6.07) is 15.6. The molecule has 1 aliphatic rings. The summed E-state index contributed by atoms with van der Waals surface area (Å²) in [5.41, 5.74) is 3.72. The Kier molecular flexibility index (Phi) is 10.2. The van der Waals surface area contributed by atoms with Crippen molar-refractivity contribution in [3.8, 4) is 0 Å². The van der Waals surface area contributed by atoms with E-state index in [4.69, 9.17) is 17.3 Å². The van der Waals surface area contributed by atoms with Crippen molar-refractivity contribution in [2.45, 2.75) is 14.7 Å². The van der Waals surface area contributed by atoms with Crippen LogP contribution in [0.1, 0.15) is 31.8 Å². The topological polar surface area (TPSA) is 278 Å². The summed E-state index contributed by atoms with van der Waals surface area (Å²) in [5.74, 6) is -2.10. The zero-order valence-electron chi connectivity index (χ0n) is 25.0. The molecule has 5 aromatic rings. The third-order valence-corrected chi connectivity index (χ3v) is 9.86. The molecule has 0 unspecified atom stereocenters. The van der Waals surface area contributed by atoms with Crippen LogP contribution in [0.2, 0.25) is 5.28 Å². The predicted octanol–water partition coefficient (Wildman–Crippen LogP) is 4.27. The van der Waals surface area contributed by atoms with E-state index in [9.17, 15) is 43.9 Å². The van der Waals surface area contributed by atoms with Crippen LogP contribution in [0.25, 0.3) is 0 Å². The first-order chi connectivity index (χ1) is 23.5. The Morgan fingerprint density at radius 3 is 1.80 bits per heavy atom. The monoisotopic (exact) mass is 811 g/mol. The maximum absolute atomic E-state index is 13.6. The quantitative estimate of drug-likeness (QED) is 0.0514. The number of carbonyl (C=O) groups is 2. The molecule has 0 spiro atoms. The number of nitrogens with one attached hydrogen (secondary N) is 3. The number of ketones is 2. The van der Waals surface area contributed by atoms with Gasteiger partial charge in [-0.15, -0.1) is 0 Å². The Bertz CT molecular complexity index is 2600. The third-order valence-electron chi connectivity index (χ3n) is 7.18. The minimum atomic E-state index is -5.05. The molecule has 0 fully saturated rings. The minimum Gasteiger partial charge on any atom is -0.420 e. The van der Waals surface area contributed by atoms with Crippen molar-refractivity contribution in [2.24, 2.45) is 0 Å². The molecule has 51 heavy (non-hydrogen) atoms. The zero-order valence-corrected chi connectivity index (χ0v) is 29.4. The minimum absolute atomic E-state index is 0. The number of hydrogen-bond donors (Lipinski definition) is 6. The molecule has 0 amide bonds. The van der Waals surface area contributed by atoms with Gasteiger partial charge >= 0.3 is 0 Å². The number of fused-ring (bicyclic) bond motifs is 2. The number of nitrogens with zero attached hydrogens (tertiary/aromatic N) is 3. The predicted molar refractivity (Wildman–Crippen MR) is 178 cm³/mol. The number of benzene rings is 4. The van der Waals surface area contributed by atoms with E-state index >= 15 is 0 Å². The molecule has 0 saturated heterocycles. The molecule has 7 N–H and O–H groups in total. The number of nitrogen functional groups attached to an aromatic ring is 1. The number of para-hydroxylation sites is 1. The van der Waals surface area contributed by atoms with Crippen LogP contribution in [0.3, 0.4) is 0 Å². The molecule has 0 aliphatic heterocycles. The van der Waals surface area contributed by atoms with Gasteiger partial charge in [-0.2, -0.15) is 31.8 Å². The van der Waals surface area contributed by atoms with E-state index in [2.05, 4.69) is 30.9 Å². The largest absolute Gasteiger partial charge is 0.420 e. The van der Waals surface area contributed by atoms with Gasteiger partial charge in [0.15, 0.2) is 11.6 Å². The average molecular weight is 812 g/mol. The van der Waals surface area contributed by atoms with Crippen LogP contribution in [0, 0.1) is 0 Å². The molecule has 22 heteroatoms. The molecule has 263 valence electrons. The molecular weight excluding hydrogens is 793 g/mol. The summed E-state index contributed by atoms with van der Waals surface area (Å²) in [6.45, 7) is 0. The van der Waals surface area contributed by atoms with Gasteiger partial charge in [-0.1, -0.05) is 47.4 Å². The van der Waals surface area contributed by atoms with Crippen molar-refractivity contribution < 1.29 is 61.0 Å². The first-order valence-electron chi connectivity index (χ1n) is 13.7. The van der Waals surface area contributed by atoms with Gasteiger partial charge in [0.25, 0.3) is 20.2 Å². The molecular formula is C29H19ClMnN7O10S3-. The SMILES string of the molecule is Nc1c(S(=O)(=O)O)cc(Nc2ccc(Nc3nc(Cl)nc(Nc4ccccc4[S-](=O)=O)n3)c(S(=O)(=O)O)c2)c2c1C(=O)c1ccccc1C2=O.[Mn]. The van der Waals surface area contributed by atoms with Gasteiger partial charge in [-0.3, -0.25) is 18.7 Å². The second-order valence-electron chi connectivity index (χ2n) is 10.3. The van der Waals surface area contributed by atoms with Crippen LogP contribution >= 0.6 is 11.6 Å². The number of rotatable bonds is 9. The van der Waals surface area contributed by atoms with Crippen LogP contribution in [0.4, 0.5) is 40.3 Å². The molecule has 6 rings (SSSR count). The fourth-order valence-electron chi connectivity index (χ4n) is 5.10. The van der Waals surface area contributed by atoms with E-state index in [0.29, 0.717) is 0 Å². The second kappa shape index (κ2) is 14.0. The molecule has 0 bridgehead atoms. The fourth-order valence-corrected chi connectivity index (χ4v) is 7.06. The van der Waals surface area contributed by atoms with Gasteiger partial charge in [0, 0.05) is 39.6 Å². The Labute approximate surface area is 305 Å². The Balaban J connectivity index is 0.00000504. The van der Waals surface area contributed by atoms with E-state index in [-0.39, 0.29) is 78.6 Å². The summed E-state index contributed by atoms with van der Waals surface area (Å²) in [5, 5.41) is 7.56. The maximum atomic E-state index is 13.6. The summed E-state index contributed by atoms with van der Waals surface area (Å²) in [7, 11) is -12.7. The van der Waals surface area contributed by atoms with Crippen LogP contribution < -0.4 is 21.7 Å². The Morgan fingerprint density at radius 1 is 0.667 bits per heavy atom. The molecule has 4 aromatic carbocycles. The molecule has 1 radical (unpaired) electrons. The number of halogens is 1. The summed E-state index contributed by atoms with van der Waals surface area (Å²) < 4.78 is 92.8.